The molecule has 3 rings (SSSR count). The van der Waals surface area contributed by atoms with Crippen molar-refractivity contribution >= 4 is 29.3 Å². The number of hydrogen-bond acceptors (Lipinski definition) is 7. The average Bonchev–Trinajstić information content (AvgIpc) is 3.11. The fraction of sp³-hybridized carbons (Fsp3) is 0.211. The molecule has 1 aromatic heterocycles. The van der Waals surface area contributed by atoms with E-state index in [4.69, 9.17) is 26.9 Å². The largest absolute Gasteiger partial charge is 0.497 e. The Morgan fingerprint density at radius 2 is 1.93 bits per heavy atom. The first-order valence-electron chi connectivity index (χ1n) is 8.58. The van der Waals surface area contributed by atoms with E-state index in [1.807, 2.05) is 12.1 Å². The van der Waals surface area contributed by atoms with E-state index in [0.29, 0.717) is 39.6 Å². The maximum Gasteiger partial charge on any atom is 0.230 e. The summed E-state index contributed by atoms with van der Waals surface area (Å²) in [6, 6.07) is 12.6. The van der Waals surface area contributed by atoms with Gasteiger partial charge in [-0.25, -0.2) is 4.68 Å². The number of nitrogens with one attached hydrogen (secondary N) is 1. The van der Waals surface area contributed by atoms with Gasteiger partial charge in [0.15, 0.2) is 5.82 Å². The highest BCUT2D eigenvalue weighted by Crippen LogP contribution is 2.32. The van der Waals surface area contributed by atoms with Crippen LogP contribution in [0.2, 0.25) is 5.02 Å². The number of hydrogen-bond donors (Lipinski definition) is 2. The summed E-state index contributed by atoms with van der Waals surface area (Å²) in [6.45, 7) is 0.417. The Kier molecular flexibility index (Phi) is 6.84. The van der Waals surface area contributed by atoms with Crippen LogP contribution in [0, 0.1) is 0 Å². The van der Waals surface area contributed by atoms with E-state index in [1.54, 1.807) is 44.6 Å². The van der Waals surface area contributed by atoms with E-state index in [1.165, 1.54) is 16.4 Å². The molecule has 0 atom stereocenters. The summed E-state index contributed by atoms with van der Waals surface area (Å²) in [5.41, 5.74) is 1.63. The lowest BCUT2D eigenvalue weighted by molar-refractivity contribution is -0.118. The molecule has 0 aliphatic heterocycles. The van der Waals surface area contributed by atoms with Crippen molar-refractivity contribution < 1.29 is 14.3 Å². The minimum Gasteiger partial charge on any atom is -0.497 e. The molecule has 152 valence electrons. The number of nitrogens with two attached hydrogens (primary N) is 1. The number of nitrogen functional groups attached to an aromatic ring is 1. The zero-order valence-electron chi connectivity index (χ0n) is 15.9. The molecule has 1 heterocycles. The number of nitrogens with zero attached hydrogens (tertiary/aromatic N) is 3. The Morgan fingerprint density at radius 3 is 2.62 bits per heavy atom. The van der Waals surface area contributed by atoms with Crippen LogP contribution in [-0.4, -0.2) is 40.8 Å². The van der Waals surface area contributed by atoms with Crippen molar-refractivity contribution in [3.8, 4) is 22.9 Å². The number of thioether (sulfide) groups is 1. The molecule has 1 amide bonds. The second-order valence-electron chi connectivity index (χ2n) is 5.93. The number of carbonyl (C=O) groups is 1. The minimum absolute atomic E-state index is 0.142. The highest BCUT2D eigenvalue weighted by Gasteiger charge is 2.17. The standard InChI is InChI=1S/C19H20ClN5O3S/c1-27-14-7-8-15(16(9-14)28-2)18-23-24-19(25(18)21)29-11-17(26)22-10-12-3-5-13(20)6-4-12/h3-9H,10-11,21H2,1-2H3,(H,22,26). The van der Waals surface area contributed by atoms with Gasteiger partial charge in [0, 0.05) is 17.6 Å². The highest BCUT2D eigenvalue weighted by molar-refractivity contribution is 7.99. The van der Waals surface area contributed by atoms with Crippen molar-refractivity contribution in [3.05, 3.63) is 53.1 Å². The van der Waals surface area contributed by atoms with Gasteiger partial charge in [-0.3, -0.25) is 4.79 Å². The molecule has 8 nitrogen and oxygen atoms in total. The van der Waals surface area contributed by atoms with E-state index in [9.17, 15) is 4.79 Å². The van der Waals surface area contributed by atoms with Gasteiger partial charge < -0.3 is 20.6 Å². The molecule has 0 saturated carbocycles. The van der Waals surface area contributed by atoms with E-state index < -0.39 is 0 Å². The molecule has 29 heavy (non-hydrogen) atoms. The quantitative estimate of drug-likeness (QED) is 0.415. The predicted molar refractivity (Wildman–Crippen MR) is 113 cm³/mol. The average molecular weight is 434 g/mol. The van der Waals surface area contributed by atoms with Gasteiger partial charge in [0.25, 0.3) is 0 Å². The Bertz CT molecular complexity index is 994. The third kappa shape index (κ3) is 5.12. The first kappa shape index (κ1) is 20.8. The fourth-order valence-electron chi connectivity index (χ4n) is 2.53. The Morgan fingerprint density at radius 1 is 1.17 bits per heavy atom. The van der Waals surface area contributed by atoms with Crippen molar-refractivity contribution in [1.29, 1.82) is 0 Å². The number of rotatable bonds is 8. The van der Waals surface area contributed by atoms with Gasteiger partial charge in [0.05, 0.1) is 25.5 Å². The molecule has 0 aliphatic rings. The normalized spacial score (nSPS) is 10.6. The van der Waals surface area contributed by atoms with Gasteiger partial charge in [-0.1, -0.05) is 35.5 Å². The van der Waals surface area contributed by atoms with Crippen LogP contribution in [-0.2, 0) is 11.3 Å². The van der Waals surface area contributed by atoms with E-state index in [-0.39, 0.29) is 11.7 Å². The Hall–Kier alpha value is -2.91. The first-order valence-corrected chi connectivity index (χ1v) is 9.95. The summed E-state index contributed by atoms with van der Waals surface area (Å²) in [6.07, 6.45) is 0. The summed E-state index contributed by atoms with van der Waals surface area (Å²) in [5.74, 6) is 7.78. The van der Waals surface area contributed by atoms with Gasteiger partial charge in [-0.15, -0.1) is 10.2 Å². The summed E-state index contributed by atoms with van der Waals surface area (Å²) in [7, 11) is 3.13. The molecule has 0 bridgehead atoms. The zero-order valence-corrected chi connectivity index (χ0v) is 17.5. The molecule has 0 fully saturated rings. The summed E-state index contributed by atoms with van der Waals surface area (Å²) in [5, 5.41) is 12.1. The molecule has 3 N–H and O–H groups in total. The van der Waals surface area contributed by atoms with Gasteiger partial charge in [-0.2, -0.15) is 0 Å². The topological polar surface area (TPSA) is 104 Å². The lowest BCUT2D eigenvalue weighted by Gasteiger charge is -2.10. The minimum atomic E-state index is -0.142. The van der Waals surface area contributed by atoms with E-state index in [0.717, 1.165) is 5.56 Å². The van der Waals surface area contributed by atoms with Gasteiger partial charge in [0.1, 0.15) is 11.5 Å². The third-order valence-electron chi connectivity index (χ3n) is 4.05. The van der Waals surface area contributed by atoms with Gasteiger partial charge in [0.2, 0.25) is 11.1 Å². The second-order valence-corrected chi connectivity index (χ2v) is 7.31. The van der Waals surface area contributed by atoms with Crippen LogP contribution in [0.15, 0.2) is 47.6 Å². The van der Waals surface area contributed by atoms with Crippen molar-refractivity contribution in [3.63, 3.8) is 0 Å². The number of ether oxygens (including phenoxy) is 2. The number of benzene rings is 2. The summed E-state index contributed by atoms with van der Waals surface area (Å²) in [4.78, 5) is 12.1. The third-order valence-corrected chi connectivity index (χ3v) is 5.24. The predicted octanol–water partition coefficient (Wildman–Crippen LogP) is 2.74. The second kappa shape index (κ2) is 9.53. The molecule has 3 aromatic rings. The van der Waals surface area contributed by atoms with Crippen LogP contribution in [0.5, 0.6) is 11.5 Å². The number of aromatic nitrogens is 3. The molecule has 0 aliphatic carbocycles. The van der Waals surface area contributed by atoms with Crippen molar-refractivity contribution in [2.24, 2.45) is 0 Å². The lowest BCUT2D eigenvalue weighted by Crippen LogP contribution is -2.25. The van der Waals surface area contributed by atoms with Crippen LogP contribution >= 0.6 is 23.4 Å². The maximum atomic E-state index is 12.1. The van der Waals surface area contributed by atoms with Crippen molar-refractivity contribution in [1.82, 2.24) is 20.2 Å². The van der Waals surface area contributed by atoms with Crippen molar-refractivity contribution in [2.75, 3.05) is 25.8 Å². The molecule has 0 saturated heterocycles. The lowest BCUT2D eigenvalue weighted by atomic mass is 10.2. The molecular formula is C19H20ClN5O3S. The SMILES string of the molecule is COc1ccc(-c2nnc(SCC(=O)NCc3ccc(Cl)cc3)n2N)c(OC)c1. The smallest absolute Gasteiger partial charge is 0.230 e. The Balaban J connectivity index is 1.62. The number of amides is 1. The molecule has 0 unspecified atom stereocenters. The molecule has 0 spiro atoms. The van der Waals surface area contributed by atoms with Crippen LogP contribution in [0.1, 0.15) is 5.56 Å². The monoisotopic (exact) mass is 433 g/mol. The van der Waals surface area contributed by atoms with Crippen LogP contribution in [0.25, 0.3) is 11.4 Å². The van der Waals surface area contributed by atoms with Gasteiger partial charge in [-0.05, 0) is 29.8 Å². The van der Waals surface area contributed by atoms with E-state index in [2.05, 4.69) is 15.5 Å². The summed E-state index contributed by atoms with van der Waals surface area (Å²) < 4.78 is 11.9. The molecular weight excluding hydrogens is 414 g/mol. The summed E-state index contributed by atoms with van der Waals surface area (Å²) >= 11 is 7.05. The van der Waals surface area contributed by atoms with Gasteiger partial charge >= 0.3 is 0 Å². The fourth-order valence-corrected chi connectivity index (χ4v) is 3.34. The van der Waals surface area contributed by atoms with E-state index >= 15 is 0 Å². The maximum absolute atomic E-state index is 12.1. The number of carbonyl (C=O) groups excluding carboxylic acids is 1. The van der Waals surface area contributed by atoms with Crippen LogP contribution < -0.4 is 20.6 Å². The molecule has 2 aromatic carbocycles. The highest BCUT2D eigenvalue weighted by atomic mass is 35.5. The zero-order chi connectivity index (χ0) is 20.8. The number of halogens is 1. The van der Waals surface area contributed by atoms with Crippen LogP contribution in [0.3, 0.4) is 0 Å². The number of methoxy groups -OCH3 is 2. The molecule has 0 radical (unpaired) electrons. The first-order chi connectivity index (χ1) is 14.0. The molecule has 10 heteroatoms. The van der Waals surface area contributed by atoms with Crippen molar-refractivity contribution in [2.45, 2.75) is 11.7 Å². The Labute approximate surface area is 177 Å². The van der Waals surface area contributed by atoms with Crippen LogP contribution in [0.4, 0.5) is 0 Å².